The van der Waals surface area contributed by atoms with E-state index in [-0.39, 0.29) is 5.91 Å². The maximum absolute atomic E-state index is 11.7. The highest BCUT2D eigenvalue weighted by Crippen LogP contribution is 2.08. The van der Waals surface area contributed by atoms with Crippen molar-refractivity contribution in [1.82, 2.24) is 5.32 Å². The molecule has 0 aliphatic carbocycles. The summed E-state index contributed by atoms with van der Waals surface area (Å²) in [4.78, 5) is 11.7. The van der Waals surface area contributed by atoms with Crippen molar-refractivity contribution < 1.29 is 4.79 Å². The lowest BCUT2D eigenvalue weighted by Gasteiger charge is -2.06. The summed E-state index contributed by atoms with van der Waals surface area (Å²) in [5, 5.41) is 2.95. The predicted molar refractivity (Wildman–Crippen MR) is 82.3 cm³/mol. The van der Waals surface area contributed by atoms with Gasteiger partial charge in [-0.25, -0.2) is 0 Å². The van der Waals surface area contributed by atoms with E-state index in [9.17, 15) is 4.79 Å². The summed E-state index contributed by atoms with van der Waals surface area (Å²) in [7, 11) is 0. The maximum atomic E-state index is 11.7. The van der Waals surface area contributed by atoms with Gasteiger partial charge in [-0.05, 0) is 36.1 Å². The minimum atomic E-state index is 0.0864. The van der Waals surface area contributed by atoms with Gasteiger partial charge in [0.05, 0.1) is 0 Å². The number of nitrogens with two attached hydrogens (primary N) is 1. The fourth-order valence-corrected chi connectivity index (χ4v) is 2.09. The Bertz CT molecular complexity index is 552. The molecule has 0 aliphatic heterocycles. The summed E-state index contributed by atoms with van der Waals surface area (Å²) >= 11 is 0. The van der Waals surface area contributed by atoms with Crippen LogP contribution in [0.15, 0.2) is 54.6 Å². The number of aryl methyl sites for hydroxylation is 1. The number of nitrogens with one attached hydrogen (secondary N) is 1. The largest absolute Gasteiger partial charge is 0.399 e. The number of hydrogen-bond acceptors (Lipinski definition) is 2. The standard InChI is InChI=1S/C17H20N2O/c18-16-8-4-7-15(13-16)9-10-17(20)19-12-11-14-5-2-1-3-6-14/h1-8,13H,9-12,18H2,(H,19,20). The zero-order chi connectivity index (χ0) is 14.2. The predicted octanol–water partition coefficient (Wildman–Crippen LogP) is 2.56. The molecular weight excluding hydrogens is 248 g/mol. The molecule has 2 aromatic rings. The van der Waals surface area contributed by atoms with Crippen LogP contribution in [0.25, 0.3) is 0 Å². The molecule has 0 fully saturated rings. The highest BCUT2D eigenvalue weighted by atomic mass is 16.1. The second-order valence-electron chi connectivity index (χ2n) is 4.83. The Morgan fingerprint density at radius 2 is 1.70 bits per heavy atom. The molecule has 0 saturated heterocycles. The molecule has 0 spiro atoms. The third kappa shape index (κ3) is 4.76. The second-order valence-corrected chi connectivity index (χ2v) is 4.83. The first-order chi connectivity index (χ1) is 9.74. The van der Waals surface area contributed by atoms with E-state index < -0.39 is 0 Å². The van der Waals surface area contributed by atoms with Crippen molar-refractivity contribution >= 4 is 11.6 Å². The van der Waals surface area contributed by atoms with Gasteiger partial charge in [0.1, 0.15) is 0 Å². The van der Waals surface area contributed by atoms with Crippen LogP contribution in [0.4, 0.5) is 5.69 Å². The highest BCUT2D eigenvalue weighted by Gasteiger charge is 2.02. The zero-order valence-corrected chi connectivity index (χ0v) is 11.5. The molecule has 0 heterocycles. The van der Waals surface area contributed by atoms with Crippen LogP contribution in [0, 0.1) is 0 Å². The van der Waals surface area contributed by atoms with Crippen LogP contribution in [0.3, 0.4) is 0 Å². The van der Waals surface area contributed by atoms with E-state index in [2.05, 4.69) is 17.4 Å². The van der Waals surface area contributed by atoms with Crippen molar-refractivity contribution in [3.63, 3.8) is 0 Å². The Hall–Kier alpha value is -2.29. The number of amides is 1. The molecule has 2 aromatic carbocycles. The smallest absolute Gasteiger partial charge is 0.220 e. The van der Waals surface area contributed by atoms with Gasteiger partial charge in [-0.15, -0.1) is 0 Å². The first-order valence-electron chi connectivity index (χ1n) is 6.89. The van der Waals surface area contributed by atoms with Crippen LogP contribution >= 0.6 is 0 Å². The van der Waals surface area contributed by atoms with E-state index in [0.29, 0.717) is 13.0 Å². The van der Waals surface area contributed by atoms with E-state index in [1.807, 2.05) is 42.5 Å². The van der Waals surface area contributed by atoms with Crippen LogP contribution in [-0.4, -0.2) is 12.5 Å². The van der Waals surface area contributed by atoms with E-state index >= 15 is 0 Å². The first-order valence-corrected chi connectivity index (χ1v) is 6.89. The summed E-state index contributed by atoms with van der Waals surface area (Å²) in [6.45, 7) is 0.680. The number of anilines is 1. The molecule has 0 unspecified atom stereocenters. The van der Waals surface area contributed by atoms with Gasteiger partial charge in [-0.2, -0.15) is 0 Å². The Morgan fingerprint density at radius 1 is 0.950 bits per heavy atom. The van der Waals surface area contributed by atoms with Crippen molar-refractivity contribution in [2.75, 3.05) is 12.3 Å². The Balaban J connectivity index is 1.68. The summed E-state index contributed by atoms with van der Waals surface area (Å²) in [5.41, 5.74) is 8.79. The van der Waals surface area contributed by atoms with E-state index in [0.717, 1.165) is 24.1 Å². The van der Waals surface area contributed by atoms with Gasteiger partial charge >= 0.3 is 0 Å². The van der Waals surface area contributed by atoms with Crippen LogP contribution in [0.2, 0.25) is 0 Å². The lowest BCUT2D eigenvalue weighted by Crippen LogP contribution is -2.25. The number of carbonyl (C=O) groups excluding carboxylic acids is 1. The molecule has 1 amide bonds. The van der Waals surface area contributed by atoms with Gasteiger partial charge in [0.2, 0.25) is 5.91 Å². The molecular formula is C17H20N2O. The van der Waals surface area contributed by atoms with E-state index in [1.165, 1.54) is 5.56 Å². The van der Waals surface area contributed by atoms with Crippen molar-refractivity contribution in [3.05, 3.63) is 65.7 Å². The summed E-state index contributed by atoms with van der Waals surface area (Å²) in [6.07, 6.45) is 2.09. The van der Waals surface area contributed by atoms with Crippen LogP contribution < -0.4 is 11.1 Å². The van der Waals surface area contributed by atoms with Gasteiger partial charge in [-0.3, -0.25) is 4.79 Å². The molecule has 0 aromatic heterocycles. The summed E-state index contributed by atoms with van der Waals surface area (Å²) in [5.74, 6) is 0.0864. The van der Waals surface area contributed by atoms with Crippen molar-refractivity contribution in [3.8, 4) is 0 Å². The molecule has 20 heavy (non-hydrogen) atoms. The van der Waals surface area contributed by atoms with Crippen molar-refractivity contribution in [2.45, 2.75) is 19.3 Å². The number of carbonyl (C=O) groups is 1. The number of hydrogen-bond donors (Lipinski definition) is 2. The number of nitrogen functional groups attached to an aromatic ring is 1. The lowest BCUT2D eigenvalue weighted by molar-refractivity contribution is -0.121. The van der Waals surface area contributed by atoms with Crippen LogP contribution in [0.5, 0.6) is 0 Å². The number of rotatable bonds is 6. The van der Waals surface area contributed by atoms with E-state index in [4.69, 9.17) is 5.73 Å². The normalized spacial score (nSPS) is 10.2. The van der Waals surface area contributed by atoms with Crippen molar-refractivity contribution in [2.24, 2.45) is 0 Å². The van der Waals surface area contributed by atoms with Crippen molar-refractivity contribution in [1.29, 1.82) is 0 Å². The topological polar surface area (TPSA) is 55.1 Å². The van der Waals surface area contributed by atoms with E-state index in [1.54, 1.807) is 0 Å². The molecule has 0 saturated carbocycles. The van der Waals surface area contributed by atoms with Gasteiger partial charge < -0.3 is 11.1 Å². The molecule has 0 radical (unpaired) electrons. The third-order valence-corrected chi connectivity index (χ3v) is 3.17. The average Bonchev–Trinajstić information content (AvgIpc) is 2.46. The second kappa shape index (κ2) is 7.34. The SMILES string of the molecule is Nc1cccc(CCC(=O)NCCc2ccccc2)c1. The summed E-state index contributed by atoms with van der Waals surface area (Å²) in [6, 6.07) is 17.8. The fraction of sp³-hybridized carbons (Fsp3) is 0.235. The minimum absolute atomic E-state index is 0.0864. The zero-order valence-electron chi connectivity index (χ0n) is 11.5. The van der Waals surface area contributed by atoms with Crippen LogP contribution in [-0.2, 0) is 17.6 Å². The first kappa shape index (κ1) is 14.1. The summed E-state index contributed by atoms with van der Waals surface area (Å²) < 4.78 is 0. The van der Waals surface area contributed by atoms with Gasteiger partial charge in [0.15, 0.2) is 0 Å². The van der Waals surface area contributed by atoms with Gasteiger partial charge in [0.25, 0.3) is 0 Å². The minimum Gasteiger partial charge on any atom is -0.399 e. The molecule has 0 aliphatic rings. The quantitative estimate of drug-likeness (QED) is 0.791. The Kier molecular flexibility index (Phi) is 5.18. The lowest BCUT2D eigenvalue weighted by atomic mass is 10.1. The fourth-order valence-electron chi connectivity index (χ4n) is 2.09. The molecule has 0 atom stereocenters. The average molecular weight is 268 g/mol. The molecule has 3 N–H and O–H groups in total. The molecule has 104 valence electrons. The molecule has 2 rings (SSSR count). The maximum Gasteiger partial charge on any atom is 0.220 e. The van der Waals surface area contributed by atoms with Crippen LogP contribution in [0.1, 0.15) is 17.5 Å². The molecule has 0 bridgehead atoms. The third-order valence-electron chi connectivity index (χ3n) is 3.17. The Morgan fingerprint density at radius 3 is 2.45 bits per heavy atom. The molecule has 3 heteroatoms. The molecule has 3 nitrogen and oxygen atoms in total. The number of benzene rings is 2. The highest BCUT2D eigenvalue weighted by molar-refractivity contribution is 5.76. The van der Waals surface area contributed by atoms with Gasteiger partial charge in [-0.1, -0.05) is 42.5 Å². The van der Waals surface area contributed by atoms with Gasteiger partial charge in [0, 0.05) is 18.7 Å². The Labute approximate surface area is 119 Å². The monoisotopic (exact) mass is 268 g/mol.